The molecule has 1 aromatic heterocycles. The SMILES string of the molecule is Cc1cc2cc(C)c(SCC(=O)N3CCCCC3)nc2cc1C. The van der Waals surface area contributed by atoms with E-state index in [2.05, 4.69) is 39.0 Å². The third-order valence-corrected chi connectivity index (χ3v) is 5.69. The van der Waals surface area contributed by atoms with E-state index in [1.807, 2.05) is 4.90 Å². The second kappa shape index (κ2) is 6.91. The first-order chi connectivity index (χ1) is 11.0. The summed E-state index contributed by atoms with van der Waals surface area (Å²) in [5.41, 5.74) is 4.72. The number of hydrogen-bond acceptors (Lipinski definition) is 3. The lowest BCUT2D eigenvalue weighted by Crippen LogP contribution is -2.36. The Morgan fingerprint density at radius 2 is 1.70 bits per heavy atom. The van der Waals surface area contributed by atoms with Crippen LogP contribution in [0.25, 0.3) is 10.9 Å². The van der Waals surface area contributed by atoms with Crippen molar-refractivity contribution >= 4 is 28.6 Å². The van der Waals surface area contributed by atoms with Crippen LogP contribution >= 0.6 is 11.8 Å². The van der Waals surface area contributed by atoms with Crippen LogP contribution in [0.4, 0.5) is 0 Å². The van der Waals surface area contributed by atoms with E-state index in [0.717, 1.165) is 42.0 Å². The number of benzene rings is 1. The predicted octanol–water partition coefficient (Wildman–Crippen LogP) is 4.26. The molecule has 0 radical (unpaired) electrons. The summed E-state index contributed by atoms with van der Waals surface area (Å²) in [5, 5.41) is 2.16. The van der Waals surface area contributed by atoms with Gasteiger partial charge in [0.25, 0.3) is 0 Å². The van der Waals surface area contributed by atoms with E-state index in [1.54, 1.807) is 11.8 Å². The zero-order chi connectivity index (χ0) is 16.4. The lowest BCUT2D eigenvalue weighted by Gasteiger charge is -2.26. The van der Waals surface area contributed by atoms with Crippen molar-refractivity contribution in [2.45, 2.75) is 45.1 Å². The number of pyridine rings is 1. The van der Waals surface area contributed by atoms with Crippen molar-refractivity contribution in [2.24, 2.45) is 0 Å². The molecule has 1 aliphatic rings. The topological polar surface area (TPSA) is 33.2 Å². The van der Waals surface area contributed by atoms with Crippen molar-refractivity contribution in [3.05, 3.63) is 34.9 Å². The predicted molar refractivity (Wildman–Crippen MR) is 97.1 cm³/mol. The van der Waals surface area contributed by atoms with Gasteiger partial charge in [0.1, 0.15) is 5.03 Å². The molecular formula is C19H24N2OS. The summed E-state index contributed by atoms with van der Waals surface area (Å²) in [5.74, 6) is 0.737. The summed E-state index contributed by atoms with van der Waals surface area (Å²) in [6.07, 6.45) is 3.53. The molecule has 0 atom stereocenters. The second-order valence-electron chi connectivity index (χ2n) is 6.47. The van der Waals surface area contributed by atoms with Gasteiger partial charge < -0.3 is 4.90 Å². The van der Waals surface area contributed by atoms with Crippen LogP contribution in [0.2, 0.25) is 0 Å². The number of thioether (sulfide) groups is 1. The maximum atomic E-state index is 12.3. The van der Waals surface area contributed by atoms with E-state index in [1.165, 1.54) is 22.9 Å². The van der Waals surface area contributed by atoms with Gasteiger partial charge in [-0.2, -0.15) is 0 Å². The smallest absolute Gasteiger partial charge is 0.232 e. The van der Waals surface area contributed by atoms with E-state index < -0.39 is 0 Å². The van der Waals surface area contributed by atoms with Gasteiger partial charge in [-0.15, -0.1) is 0 Å². The second-order valence-corrected chi connectivity index (χ2v) is 7.43. The first-order valence-corrected chi connectivity index (χ1v) is 9.32. The van der Waals surface area contributed by atoms with E-state index in [-0.39, 0.29) is 5.91 Å². The molecule has 0 saturated carbocycles. The third-order valence-electron chi connectivity index (χ3n) is 4.62. The van der Waals surface area contributed by atoms with Gasteiger partial charge in [0.15, 0.2) is 0 Å². The van der Waals surface area contributed by atoms with E-state index >= 15 is 0 Å². The Balaban J connectivity index is 1.75. The minimum absolute atomic E-state index is 0.246. The summed E-state index contributed by atoms with van der Waals surface area (Å²) in [4.78, 5) is 19.1. The van der Waals surface area contributed by atoms with Crippen molar-refractivity contribution in [3.63, 3.8) is 0 Å². The number of carbonyl (C=O) groups excluding carboxylic acids is 1. The van der Waals surface area contributed by atoms with Gasteiger partial charge in [-0.25, -0.2) is 4.98 Å². The normalized spacial score (nSPS) is 15.2. The third kappa shape index (κ3) is 3.69. The minimum Gasteiger partial charge on any atom is -0.342 e. The number of aryl methyl sites for hydroxylation is 3. The zero-order valence-corrected chi connectivity index (χ0v) is 15.0. The standard InChI is InChI=1S/C19H24N2OS/c1-13-9-16-10-15(3)19(20-17(16)11-14(13)2)23-12-18(22)21-7-5-4-6-8-21/h9-11H,4-8,12H2,1-3H3. The Labute approximate surface area is 142 Å². The molecule has 2 heterocycles. The Kier molecular flexibility index (Phi) is 4.90. The summed E-state index contributed by atoms with van der Waals surface area (Å²) < 4.78 is 0. The van der Waals surface area contributed by atoms with Gasteiger partial charge >= 0.3 is 0 Å². The van der Waals surface area contributed by atoms with Crippen LogP contribution in [0.5, 0.6) is 0 Å². The first kappa shape index (κ1) is 16.3. The Morgan fingerprint density at radius 3 is 2.43 bits per heavy atom. The summed E-state index contributed by atoms with van der Waals surface area (Å²) in [6.45, 7) is 8.16. The minimum atomic E-state index is 0.246. The number of rotatable bonds is 3. The van der Waals surface area contributed by atoms with Crippen LogP contribution in [-0.4, -0.2) is 34.6 Å². The van der Waals surface area contributed by atoms with Crippen molar-refractivity contribution in [1.29, 1.82) is 0 Å². The monoisotopic (exact) mass is 328 g/mol. The maximum absolute atomic E-state index is 12.3. The average molecular weight is 328 g/mol. The number of nitrogens with zero attached hydrogens (tertiary/aromatic N) is 2. The number of likely N-dealkylation sites (tertiary alicyclic amines) is 1. The van der Waals surface area contributed by atoms with Gasteiger partial charge in [-0.05, 0) is 74.9 Å². The van der Waals surface area contributed by atoms with Crippen LogP contribution in [-0.2, 0) is 4.79 Å². The highest BCUT2D eigenvalue weighted by molar-refractivity contribution is 7.99. The maximum Gasteiger partial charge on any atom is 0.232 e. The molecule has 3 nitrogen and oxygen atoms in total. The number of carbonyl (C=O) groups is 1. The van der Waals surface area contributed by atoms with Gasteiger partial charge in [0.05, 0.1) is 11.3 Å². The van der Waals surface area contributed by atoms with Crippen LogP contribution < -0.4 is 0 Å². The number of hydrogen-bond donors (Lipinski definition) is 0. The Morgan fingerprint density at radius 1 is 1.04 bits per heavy atom. The molecule has 0 spiro atoms. The molecule has 0 N–H and O–H groups in total. The van der Waals surface area contributed by atoms with Gasteiger partial charge in [-0.1, -0.05) is 11.8 Å². The fourth-order valence-electron chi connectivity index (χ4n) is 3.04. The molecule has 122 valence electrons. The molecule has 1 amide bonds. The molecule has 0 bridgehead atoms. The van der Waals surface area contributed by atoms with Gasteiger partial charge in [0.2, 0.25) is 5.91 Å². The molecular weight excluding hydrogens is 304 g/mol. The van der Waals surface area contributed by atoms with Gasteiger partial charge in [0, 0.05) is 18.5 Å². The fourth-order valence-corrected chi connectivity index (χ4v) is 3.93. The largest absolute Gasteiger partial charge is 0.342 e. The van der Waals surface area contributed by atoms with Gasteiger partial charge in [-0.3, -0.25) is 4.79 Å². The molecule has 3 rings (SSSR count). The van der Waals surface area contributed by atoms with E-state index in [4.69, 9.17) is 4.98 Å². The van der Waals surface area contributed by atoms with Crippen LogP contribution in [0, 0.1) is 20.8 Å². The Hall–Kier alpha value is -1.55. The van der Waals surface area contributed by atoms with Crippen molar-refractivity contribution < 1.29 is 4.79 Å². The van der Waals surface area contributed by atoms with Crippen molar-refractivity contribution in [2.75, 3.05) is 18.8 Å². The molecule has 1 aliphatic heterocycles. The molecule has 0 unspecified atom stereocenters. The highest BCUT2D eigenvalue weighted by Crippen LogP contribution is 2.26. The summed E-state index contributed by atoms with van der Waals surface area (Å²) >= 11 is 1.57. The van der Waals surface area contributed by atoms with Crippen molar-refractivity contribution in [3.8, 4) is 0 Å². The summed E-state index contributed by atoms with van der Waals surface area (Å²) in [7, 11) is 0. The molecule has 0 aliphatic carbocycles. The van der Waals surface area contributed by atoms with E-state index in [9.17, 15) is 4.79 Å². The molecule has 1 fully saturated rings. The average Bonchev–Trinajstić information content (AvgIpc) is 2.55. The Bertz CT molecular complexity index is 736. The highest BCUT2D eigenvalue weighted by Gasteiger charge is 2.17. The number of fused-ring (bicyclic) bond motifs is 1. The highest BCUT2D eigenvalue weighted by atomic mass is 32.2. The number of amides is 1. The van der Waals surface area contributed by atoms with Crippen LogP contribution in [0.15, 0.2) is 23.2 Å². The fraction of sp³-hybridized carbons (Fsp3) is 0.474. The quantitative estimate of drug-likeness (QED) is 0.789. The molecule has 1 aromatic carbocycles. The lowest BCUT2D eigenvalue weighted by molar-refractivity contribution is -0.129. The van der Waals surface area contributed by atoms with Crippen molar-refractivity contribution in [1.82, 2.24) is 9.88 Å². The number of piperidine rings is 1. The molecule has 1 saturated heterocycles. The van der Waals surface area contributed by atoms with Crippen LogP contribution in [0.1, 0.15) is 36.0 Å². The first-order valence-electron chi connectivity index (χ1n) is 8.34. The molecule has 2 aromatic rings. The summed E-state index contributed by atoms with van der Waals surface area (Å²) in [6, 6.07) is 6.51. The lowest BCUT2D eigenvalue weighted by atomic mass is 10.1. The number of aromatic nitrogens is 1. The molecule has 23 heavy (non-hydrogen) atoms. The zero-order valence-electron chi connectivity index (χ0n) is 14.2. The molecule has 4 heteroatoms. The van der Waals surface area contributed by atoms with E-state index in [0.29, 0.717) is 5.75 Å². The van der Waals surface area contributed by atoms with Crippen LogP contribution in [0.3, 0.4) is 0 Å².